The Labute approximate surface area is 156 Å². The molecule has 0 saturated heterocycles. The van der Waals surface area contributed by atoms with E-state index in [-0.39, 0.29) is 12.0 Å². The number of ether oxygens (including phenoxy) is 1. The first kappa shape index (κ1) is 18.8. The van der Waals surface area contributed by atoms with Crippen molar-refractivity contribution in [2.45, 2.75) is 38.1 Å². The van der Waals surface area contributed by atoms with Gasteiger partial charge in [0.1, 0.15) is 0 Å². The first-order chi connectivity index (χ1) is 13.1. The van der Waals surface area contributed by atoms with E-state index in [0.717, 1.165) is 23.5 Å². The molecule has 0 bridgehead atoms. The lowest BCUT2D eigenvalue weighted by atomic mass is 9.69. The van der Waals surface area contributed by atoms with Crippen molar-refractivity contribution in [2.75, 3.05) is 7.11 Å². The summed E-state index contributed by atoms with van der Waals surface area (Å²) < 4.78 is 18.1. The van der Waals surface area contributed by atoms with Gasteiger partial charge in [0, 0.05) is 16.5 Å². The summed E-state index contributed by atoms with van der Waals surface area (Å²) in [6.07, 6.45) is 5.27. The van der Waals surface area contributed by atoms with Gasteiger partial charge in [0.15, 0.2) is 11.6 Å². The lowest BCUT2D eigenvalue weighted by molar-refractivity contribution is -0.155. The highest BCUT2D eigenvalue weighted by molar-refractivity contribution is 5.77. The first-order valence-electron chi connectivity index (χ1n) is 8.76. The topological polar surface area (TPSA) is 101 Å². The Balaban J connectivity index is 1.84. The van der Waals surface area contributed by atoms with Crippen molar-refractivity contribution in [3.63, 3.8) is 0 Å². The Morgan fingerprint density at radius 2 is 2.07 bits per heavy atom. The molecule has 140 valence electrons. The fraction of sp³-hybridized carbons (Fsp3) is 0.421. The highest BCUT2D eigenvalue weighted by Crippen LogP contribution is 2.41. The lowest BCUT2D eigenvalue weighted by Gasteiger charge is -2.36. The Bertz CT molecular complexity index is 857. The van der Waals surface area contributed by atoms with E-state index in [1.807, 2.05) is 24.3 Å². The fourth-order valence-corrected chi connectivity index (χ4v) is 3.69. The number of methoxy groups -OCH3 is 1. The minimum Gasteiger partial charge on any atom is -0.469 e. The van der Waals surface area contributed by atoms with E-state index in [1.165, 1.54) is 7.11 Å². The van der Waals surface area contributed by atoms with Crippen molar-refractivity contribution in [1.82, 2.24) is 9.97 Å². The highest BCUT2D eigenvalue weighted by atomic mass is 19.1. The second-order valence-corrected chi connectivity index (χ2v) is 6.81. The lowest BCUT2D eigenvalue weighted by Crippen LogP contribution is -2.39. The molecule has 0 atom stereocenters. The number of carbonyl (C=O) groups is 1. The van der Waals surface area contributed by atoms with Gasteiger partial charge >= 0.3 is 5.97 Å². The van der Waals surface area contributed by atoms with Gasteiger partial charge in [-0.25, -0.2) is 14.4 Å². The molecule has 2 aromatic rings. The molecule has 1 saturated carbocycles. The van der Waals surface area contributed by atoms with Crippen LogP contribution in [0.2, 0.25) is 0 Å². The Morgan fingerprint density at radius 1 is 1.37 bits per heavy atom. The summed E-state index contributed by atoms with van der Waals surface area (Å²) in [7, 11) is 1.40. The molecule has 7 nitrogen and oxygen atoms in total. The number of rotatable bonds is 5. The van der Waals surface area contributed by atoms with Gasteiger partial charge in [-0.05, 0) is 49.3 Å². The molecule has 0 aliphatic heterocycles. The summed E-state index contributed by atoms with van der Waals surface area (Å²) >= 11 is 0. The van der Waals surface area contributed by atoms with Crippen molar-refractivity contribution in [3.05, 3.63) is 58.5 Å². The molecule has 27 heavy (non-hydrogen) atoms. The van der Waals surface area contributed by atoms with Crippen molar-refractivity contribution in [1.29, 1.82) is 0 Å². The number of nitrogens with zero attached hydrogens (tertiary/aromatic N) is 5. The number of azide groups is 1. The van der Waals surface area contributed by atoms with Crippen LogP contribution in [0.4, 0.5) is 4.39 Å². The molecule has 1 fully saturated rings. The van der Waals surface area contributed by atoms with E-state index in [2.05, 4.69) is 20.0 Å². The number of esters is 1. The summed E-state index contributed by atoms with van der Waals surface area (Å²) in [6.45, 7) is 0. The quantitative estimate of drug-likeness (QED) is 0.340. The largest absolute Gasteiger partial charge is 0.469 e. The van der Waals surface area contributed by atoms with Crippen LogP contribution in [-0.2, 0) is 16.0 Å². The summed E-state index contributed by atoms with van der Waals surface area (Å²) in [5, 5.41) is 3.78. The van der Waals surface area contributed by atoms with Gasteiger partial charge in [-0.2, -0.15) is 0 Å². The summed E-state index contributed by atoms with van der Waals surface area (Å²) in [5.41, 5.74) is 9.70. The first-order valence-corrected chi connectivity index (χ1v) is 8.76. The molecule has 1 aliphatic carbocycles. The number of halogens is 1. The van der Waals surface area contributed by atoms with E-state index >= 15 is 0 Å². The van der Waals surface area contributed by atoms with Gasteiger partial charge in [0.25, 0.3) is 0 Å². The molecule has 1 aliphatic rings. The van der Waals surface area contributed by atoms with Crippen LogP contribution in [0.5, 0.6) is 0 Å². The van der Waals surface area contributed by atoms with Crippen LogP contribution in [0.15, 0.2) is 41.8 Å². The maximum atomic E-state index is 13.0. The standard InChI is InChI=1S/C19H20FN5O2/c1-27-18(26)19(7-5-16(6-8-19)24-25-21)10-13-3-2-4-14(9-13)17-22-11-15(20)12-23-17/h2-4,9,11-12,16H,5-8,10H2,1H3. The monoisotopic (exact) mass is 369 g/mol. The van der Waals surface area contributed by atoms with E-state index in [0.29, 0.717) is 37.9 Å². The third-order valence-electron chi connectivity index (χ3n) is 5.09. The van der Waals surface area contributed by atoms with Crippen molar-refractivity contribution in [2.24, 2.45) is 10.5 Å². The molecule has 1 aromatic carbocycles. The number of hydrogen-bond acceptors (Lipinski definition) is 5. The van der Waals surface area contributed by atoms with Crippen molar-refractivity contribution in [3.8, 4) is 11.4 Å². The second kappa shape index (κ2) is 8.14. The molecule has 1 heterocycles. The maximum absolute atomic E-state index is 13.0. The normalized spacial score (nSPS) is 21.9. The van der Waals surface area contributed by atoms with Crippen LogP contribution in [-0.4, -0.2) is 29.1 Å². The van der Waals surface area contributed by atoms with Crippen LogP contribution in [0.1, 0.15) is 31.2 Å². The van der Waals surface area contributed by atoms with Gasteiger partial charge in [-0.15, -0.1) is 0 Å². The maximum Gasteiger partial charge on any atom is 0.312 e. The Kier molecular flexibility index (Phi) is 5.66. The van der Waals surface area contributed by atoms with Crippen molar-refractivity contribution >= 4 is 5.97 Å². The third kappa shape index (κ3) is 4.23. The van der Waals surface area contributed by atoms with Crippen LogP contribution < -0.4 is 0 Å². The summed E-state index contributed by atoms with van der Waals surface area (Å²) in [5.74, 6) is -0.306. The molecule has 3 rings (SSSR count). The van der Waals surface area contributed by atoms with E-state index in [1.54, 1.807) is 0 Å². The highest BCUT2D eigenvalue weighted by Gasteiger charge is 2.42. The minimum absolute atomic E-state index is 0.0771. The van der Waals surface area contributed by atoms with E-state index < -0.39 is 11.2 Å². The SMILES string of the molecule is COC(=O)C1(Cc2cccc(-c3ncc(F)cn3)c2)CCC(N=[N+]=[N-])CC1. The fourth-order valence-electron chi connectivity index (χ4n) is 3.69. The molecule has 0 spiro atoms. The zero-order chi connectivity index (χ0) is 19.3. The molecule has 0 amide bonds. The summed E-state index contributed by atoms with van der Waals surface area (Å²) in [6, 6.07) is 7.50. The van der Waals surface area contributed by atoms with Gasteiger partial charge < -0.3 is 4.74 Å². The molecule has 0 radical (unpaired) electrons. The van der Waals surface area contributed by atoms with Gasteiger partial charge in [0.05, 0.1) is 24.9 Å². The number of benzene rings is 1. The van der Waals surface area contributed by atoms with Crippen LogP contribution >= 0.6 is 0 Å². The Hall–Kier alpha value is -2.99. The average molecular weight is 369 g/mol. The van der Waals surface area contributed by atoms with E-state index in [9.17, 15) is 9.18 Å². The van der Waals surface area contributed by atoms with Crippen LogP contribution in [0, 0.1) is 11.2 Å². The second-order valence-electron chi connectivity index (χ2n) is 6.81. The molecule has 8 heteroatoms. The third-order valence-corrected chi connectivity index (χ3v) is 5.09. The predicted octanol–water partition coefficient (Wildman–Crippen LogP) is 4.24. The molecule has 0 N–H and O–H groups in total. The Morgan fingerprint density at radius 3 is 2.70 bits per heavy atom. The number of hydrogen-bond donors (Lipinski definition) is 0. The van der Waals surface area contributed by atoms with Gasteiger partial charge in [-0.1, -0.05) is 23.3 Å². The number of aromatic nitrogens is 2. The smallest absolute Gasteiger partial charge is 0.312 e. The van der Waals surface area contributed by atoms with Gasteiger partial charge in [0.2, 0.25) is 0 Å². The zero-order valence-corrected chi connectivity index (χ0v) is 15.0. The molecule has 0 unspecified atom stereocenters. The molecule has 1 aromatic heterocycles. The molecular weight excluding hydrogens is 349 g/mol. The van der Waals surface area contributed by atoms with Crippen LogP contribution in [0.25, 0.3) is 21.8 Å². The van der Waals surface area contributed by atoms with Gasteiger partial charge in [-0.3, -0.25) is 4.79 Å². The molecular formula is C19H20FN5O2. The summed E-state index contributed by atoms with van der Waals surface area (Å²) in [4.78, 5) is 23.5. The average Bonchev–Trinajstić information content (AvgIpc) is 2.70. The van der Waals surface area contributed by atoms with E-state index in [4.69, 9.17) is 10.3 Å². The zero-order valence-electron chi connectivity index (χ0n) is 15.0. The predicted molar refractivity (Wildman–Crippen MR) is 97.0 cm³/mol. The van der Waals surface area contributed by atoms with Crippen molar-refractivity contribution < 1.29 is 13.9 Å². The minimum atomic E-state index is -0.640. The number of carbonyl (C=O) groups excluding carboxylic acids is 1. The van der Waals surface area contributed by atoms with Crippen LogP contribution in [0.3, 0.4) is 0 Å².